The zero-order valence-electron chi connectivity index (χ0n) is 19.3. The second-order valence-electron chi connectivity index (χ2n) is 8.84. The van der Waals surface area contributed by atoms with Gasteiger partial charge >= 0.3 is 0 Å². The van der Waals surface area contributed by atoms with E-state index in [-0.39, 0.29) is 17.1 Å². The number of carbonyl (C=O) groups is 2. The lowest BCUT2D eigenvalue weighted by Gasteiger charge is -2.34. The van der Waals surface area contributed by atoms with E-state index in [1.165, 1.54) is 18.2 Å². The Hall–Kier alpha value is -4.54. The Labute approximate surface area is 205 Å². The van der Waals surface area contributed by atoms with Gasteiger partial charge in [0.2, 0.25) is 11.9 Å². The van der Waals surface area contributed by atoms with Crippen molar-refractivity contribution in [3.05, 3.63) is 91.8 Å². The first-order valence-corrected chi connectivity index (χ1v) is 11.7. The second-order valence-corrected chi connectivity index (χ2v) is 8.84. The summed E-state index contributed by atoms with van der Waals surface area (Å²) in [7, 11) is 0. The number of benzene rings is 2. The van der Waals surface area contributed by atoms with Crippen LogP contribution in [0.15, 0.2) is 59.4 Å². The summed E-state index contributed by atoms with van der Waals surface area (Å²) in [5.41, 5.74) is 0.144. The SMILES string of the molecule is O=C(N[C@H]1C(=O)Nc2nc(N3CCCCC3)[nH]c(=O)c2[C@H]1c1cccc([N+](=O)[O-])c1)c1ccccc1. The van der Waals surface area contributed by atoms with E-state index in [4.69, 9.17) is 0 Å². The number of rotatable bonds is 5. The number of fused-ring (bicyclic) bond motifs is 1. The van der Waals surface area contributed by atoms with Crippen LogP contribution in [0.25, 0.3) is 0 Å². The number of nitrogens with zero attached hydrogens (tertiary/aromatic N) is 3. The van der Waals surface area contributed by atoms with E-state index in [9.17, 15) is 24.5 Å². The summed E-state index contributed by atoms with van der Waals surface area (Å²) in [6.07, 6.45) is 3.04. The predicted octanol–water partition coefficient (Wildman–Crippen LogP) is 2.55. The van der Waals surface area contributed by atoms with E-state index in [1.54, 1.807) is 36.4 Å². The van der Waals surface area contributed by atoms with Crippen LogP contribution in [-0.4, -0.2) is 45.8 Å². The highest BCUT2D eigenvalue weighted by Crippen LogP contribution is 2.36. The number of H-pyrrole nitrogens is 1. The lowest BCUT2D eigenvalue weighted by atomic mass is 9.82. The Balaban J connectivity index is 1.61. The van der Waals surface area contributed by atoms with Gasteiger partial charge in [-0.15, -0.1) is 0 Å². The minimum atomic E-state index is -1.20. The number of hydrogen-bond acceptors (Lipinski definition) is 7. The van der Waals surface area contributed by atoms with Gasteiger partial charge in [0.25, 0.3) is 17.2 Å². The van der Waals surface area contributed by atoms with Crippen molar-refractivity contribution in [2.24, 2.45) is 0 Å². The number of anilines is 2. The first-order valence-electron chi connectivity index (χ1n) is 11.7. The maximum absolute atomic E-state index is 13.4. The molecule has 0 unspecified atom stereocenters. The number of hydrogen-bond donors (Lipinski definition) is 3. The molecule has 2 aliphatic rings. The largest absolute Gasteiger partial charge is 0.342 e. The molecule has 0 saturated carbocycles. The van der Waals surface area contributed by atoms with Crippen LogP contribution in [0.2, 0.25) is 0 Å². The van der Waals surface area contributed by atoms with Crippen LogP contribution in [0, 0.1) is 10.1 Å². The maximum atomic E-state index is 13.4. The van der Waals surface area contributed by atoms with E-state index >= 15 is 0 Å². The van der Waals surface area contributed by atoms with E-state index in [2.05, 4.69) is 20.6 Å². The highest BCUT2D eigenvalue weighted by atomic mass is 16.6. The molecule has 1 aromatic heterocycles. The molecular weight excluding hydrogens is 464 g/mol. The molecule has 3 aromatic rings. The third-order valence-electron chi connectivity index (χ3n) is 6.53. The first-order chi connectivity index (χ1) is 17.4. The summed E-state index contributed by atoms with van der Waals surface area (Å²) >= 11 is 0. The third-order valence-corrected chi connectivity index (χ3v) is 6.53. The van der Waals surface area contributed by atoms with Crippen LogP contribution in [-0.2, 0) is 4.79 Å². The van der Waals surface area contributed by atoms with Gasteiger partial charge in [-0.25, -0.2) is 0 Å². The van der Waals surface area contributed by atoms with Crippen LogP contribution in [0.5, 0.6) is 0 Å². The van der Waals surface area contributed by atoms with Gasteiger partial charge in [-0.2, -0.15) is 4.98 Å². The van der Waals surface area contributed by atoms with Gasteiger partial charge in [0, 0.05) is 36.7 Å². The van der Waals surface area contributed by atoms with Crippen molar-refractivity contribution in [3.63, 3.8) is 0 Å². The number of aromatic nitrogens is 2. The molecule has 3 N–H and O–H groups in total. The van der Waals surface area contributed by atoms with Gasteiger partial charge in [0.05, 0.1) is 10.5 Å². The average molecular weight is 489 g/mol. The Morgan fingerprint density at radius 1 is 1.06 bits per heavy atom. The van der Waals surface area contributed by atoms with Crippen LogP contribution < -0.4 is 21.1 Å². The average Bonchev–Trinajstić information content (AvgIpc) is 2.90. The summed E-state index contributed by atoms with van der Waals surface area (Å²) in [6, 6.07) is 12.9. The summed E-state index contributed by atoms with van der Waals surface area (Å²) in [6.45, 7) is 1.47. The summed E-state index contributed by atoms with van der Waals surface area (Å²) < 4.78 is 0. The summed E-state index contributed by atoms with van der Waals surface area (Å²) in [4.78, 5) is 59.9. The highest BCUT2D eigenvalue weighted by molar-refractivity contribution is 6.03. The molecule has 0 spiro atoms. The van der Waals surface area contributed by atoms with Crippen molar-refractivity contribution in [2.75, 3.05) is 23.3 Å². The molecule has 0 aliphatic carbocycles. The molecule has 1 saturated heterocycles. The molecule has 2 atom stereocenters. The maximum Gasteiger partial charge on any atom is 0.269 e. The fraction of sp³-hybridized carbons (Fsp3) is 0.280. The van der Waals surface area contributed by atoms with Crippen molar-refractivity contribution in [2.45, 2.75) is 31.2 Å². The van der Waals surface area contributed by atoms with Crippen molar-refractivity contribution in [1.29, 1.82) is 0 Å². The van der Waals surface area contributed by atoms with Crippen LogP contribution >= 0.6 is 0 Å². The molecule has 0 radical (unpaired) electrons. The van der Waals surface area contributed by atoms with Crippen LogP contribution in [0.4, 0.5) is 17.5 Å². The van der Waals surface area contributed by atoms with E-state index in [0.717, 1.165) is 32.4 Å². The summed E-state index contributed by atoms with van der Waals surface area (Å²) in [5.74, 6) is -1.61. The first kappa shape index (κ1) is 23.2. The Bertz CT molecular complexity index is 1380. The van der Waals surface area contributed by atoms with E-state index in [1.807, 2.05) is 4.90 Å². The molecule has 1 fully saturated rings. The standard InChI is InChI=1S/C25H24N6O5/c32-22(15-8-3-1-4-9-15)26-20-18(16-10-7-11-17(14-16)31(35)36)19-21(27-24(20)34)28-25(29-23(19)33)30-12-5-2-6-13-30/h1,3-4,7-11,14,18,20H,2,5-6,12-13H2,(H,26,32)(H2,27,28,29,33,34)/t18-,20-/m1/s1. The molecule has 11 heteroatoms. The zero-order chi connectivity index (χ0) is 25.2. The molecule has 0 bridgehead atoms. The van der Waals surface area contributed by atoms with Crippen LogP contribution in [0.3, 0.4) is 0 Å². The molecule has 2 aromatic carbocycles. The number of carbonyl (C=O) groups excluding carboxylic acids is 2. The zero-order valence-corrected chi connectivity index (χ0v) is 19.3. The molecule has 11 nitrogen and oxygen atoms in total. The molecule has 36 heavy (non-hydrogen) atoms. The van der Waals surface area contributed by atoms with Crippen LogP contribution in [0.1, 0.15) is 46.7 Å². The van der Waals surface area contributed by atoms with Gasteiger partial charge < -0.3 is 15.5 Å². The Morgan fingerprint density at radius 2 is 1.81 bits per heavy atom. The predicted molar refractivity (Wildman–Crippen MR) is 132 cm³/mol. The van der Waals surface area contributed by atoms with E-state index in [0.29, 0.717) is 17.1 Å². The third kappa shape index (κ3) is 4.42. The Morgan fingerprint density at radius 3 is 2.53 bits per heavy atom. The number of piperidine rings is 1. The lowest BCUT2D eigenvalue weighted by Crippen LogP contribution is -2.52. The van der Waals surface area contributed by atoms with E-state index < -0.39 is 34.3 Å². The quantitative estimate of drug-likeness (QED) is 0.369. The van der Waals surface area contributed by atoms with Gasteiger partial charge in [0.15, 0.2) is 0 Å². The molecule has 2 amide bonds. The molecule has 3 heterocycles. The van der Waals surface area contributed by atoms with Crippen molar-refractivity contribution in [3.8, 4) is 0 Å². The highest BCUT2D eigenvalue weighted by Gasteiger charge is 2.41. The number of aromatic amines is 1. The van der Waals surface area contributed by atoms with Crippen molar-refractivity contribution >= 4 is 29.3 Å². The smallest absolute Gasteiger partial charge is 0.269 e. The summed E-state index contributed by atoms with van der Waals surface area (Å²) in [5, 5.41) is 16.8. The molecule has 5 rings (SSSR count). The topological polar surface area (TPSA) is 150 Å². The molecule has 2 aliphatic heterocycles. The fourth-order valence-electron chi connectivity index (χ4n) is 4.78. The Kier molecular flexibility index (Phi) is 6.19. The minimum absolute atomic E-state index is 0.0889. The monoisotopic (exact) mass is 488 g/mol. The minimum Gasteiger partial charge on any atom is -0.342 e. The van der Waals surface area contributed by atoms with Gasteiger partial charge in [-0.1, -0.05) is 30.3 Å². The van der Waals surface area contributed by atoms with Gasteiger partial charge in [0.1, 0.15) is 11.9 Å². The number of nitro groups is 1. The fourth-order valence-corrected chi connectivity index (χ4v) is 4.78. The van der Waals surface area contributed by atoms with Gasteiger partial charge in [-0.3, -0.25) is 29.5 Å². The second kappa shape index (κ2) is 9.61. The number of nitrogens with one attached hydrogen (secondary N) is 3. The van der Waals surface area contributed by atoms with Crippen molar-refractivity contribution < 1.29 is 14.5 Å². The van der Waals surface area contributed by atoms with Gasteiger partial charge in [-0.05, 0) is 37.0 Å². The number of amides is 2. The number of non-ortho nitro benzene ring substituents is 1. The molecular formula is C25H24N6O5. The van der Waals surface area contributed by atoms with Crippen molar-refractivity contribution in [1.82, 2.24) is 15.3 Å². The lowest BCUT2D eigenvalue weighted by molar-refractivity contribution is -0.384. The number of nitro benzene ring substituents is 1. The molecule has 184 valence electrons. The normalized spacial score (nSPS) is 19.2.